The van der Waals surface area contributed by atoms with Crippen molar-refractivity contribution >= 4 is 0 Å². The van der Waals surface area contributed by atoms with Crippen LogP contribution < -0.4 is 5.73 Å². The molecule has 0 saturated heterocycles. The number of hydrogen-bond acceptors (Lipinski definition) is 5. The van der Waals surface area contributed by atoms with E-state index in [1.165, 1.54) is 11.9 Å². The third kappa shape index (κ3) is 3.94. The molecule has 18 heavy (non-hydrogen) atoms. The van der Waals surface area contributed by atoms with Gasteiger partial charge in [0.1, 0.15) is 0 Å². The van der Waals surface area contributed by atoms with Crippen LogP contribution in [0.15, 0.2) is 41.2 Å². The fourth-order valence-electron chi connectivity index (χ4n) is 1.83. The van der Waals surface area contributed by atoms with Crippen LogP contribution >= 0.6 is 0 Å². The Labute approximate surface area is 107 Å². The van der Waals surface area contributed by atoms with Gasteiger partial charge >= 0.3 is 0 Å². The van der Waals surface area contributed by atoms with Crippen LogP contribution in [-0.2, 0) is 13.1 Å². The van der Waals surface area contributed by atoms with E-state index in [1.807, 2.05) is 18.2 Å². The van der Waals surface area contributed by atoms with Crippen LogP contribution in [-0.4, -0.2) is 28.1 Å². The molecule has 2 aromatic rings. The molecule has 96 valence electrons. The largest absolute Gasteiger partial charge is 0.338 e. The highest BCUT2D eigenvalue weighted by atomic mass is 16.5. The topological polar surface area (TPSA) is 68.2 Å². The fourth-order valence-corrected chi connectivity index (χ4v) is 1.83. The molecular weight excluding hydrogens is 228 g/mol. The third-order valence-electron chi connectivity index (χ3n) is 2.69. The maximum Gasteiger partial charge on any atom is 0.240 e. The first-order valence-electron chi connectivity index (χ1n) is 6.10. The van der Waals surface area contributed by atoms with Crippen molar-refractivity contribution < 1.29 is 4.52 Å². The van der Waals surface area contributed by atoms with Crippen LogP contribution in [0.2, 0.25) is 0 Å². The lowest BCUT2D eigenvalue weighted by Crippen LogP contribution is -2.25. The van der Waals surface area contributed by atoms with E-state index in [-0.39, 0.29) is 0 Å². The van der Waals surface area contributed by atoms with Crippen molar-refractivity contribution in [2.24, 2.45) is 5.73 Å². The van der Waals surface area contributed by atoms with Crippen LogP contribution in [0.25, 0.3) is 0 Å². The van der Waals surface area contributed by atoms with Gasteiger partial charge in [0.15, 0.2) is 6.33 Å². The van der Waals surface area contributed by atoms with Gasteiger partial charge in [0.05, 0.1) is 6.54 Å². The number of rotatable bonds is 7. The van der Waals surface area contributed by atoms with E-state index in [9.17, 15) is 0 Å². The highest BCUT2D eigenvalue weighted by Gasteiger charge is 2.09. The molecule has 0 radical (unpaired) electrons. The second-order valence-electron chi connectivity index (χ2n) is 4.17. The average Bonchev–Trinajstić information content (AvgIpc) is 2.90. The molecule has 0 aliphatic carbocycles. The molecule has 5 nitrogen and oxygen atoms in total. The average molecular weight is 246 g/mol. The van der Waals surface area contributed by atoms with E-state index in [0.717, 1.165) is 19.5 Å². The van der Waals surface area contributed by atoms with Gasteiger partial charge in [0.25, 0.3) is 0 Å². The quantitative estimate of drug-likeness (QED) is 0.800. The summed E-state index contributed by atoms with van der Waals surface area (Å²) in [5.74, 6) is 0.642. The lowest BCUT2D eigenvalue weighted by Gasteiger charge is -2.20. The summed E-state index contributed by atoms with van der Waals surface area (Å²) in [7, 11) is 0. The van der Waals surface area contributed by atoms with Crippen LogP contribution in [0.5, 0.6) is 0 Å². The number of hydrogen-bond donors (Lipinski definition) is 1. The van der Waals surface area contributed by atoms with Crippen molar-refractivity contribution in [3.8, 4) is 0 Å². The summed E-state index contributed by atoms with van der Waals surface area (Å²) in [5, 5.41) is 3.63. The lowest BCUT2D eigenvalue weighted by molar-refractivity contribution is 0.217. The SMILES string of the molecule is NCCCN(Cc1ccccc1)Cc1ncno1. The minimum atomic E-state index is 0.642. The maximum absolute atomic E-state index is 5.57. The number of aromatic nitrogens is 2. The Balaban J connectivity index is 1.96. The lowest BCUT2D eigenvalue weighted by atomic mass is 10.2. The summed E-state index contributed by atoms with van der Waals surface area (Å²) < 4.78 is 5.05. The summed E-state index contributed by atoms with van der Waals surface area (Å²) in [6, 6.07) is 10.3. The minimum absolute atomic E-state index is 0.642. The standard InChI is InChI=1S/C13H18N4O/c14-7-4-8-17(10-13-15-11-16-18-13)9-12-5-2-1-3-6-12/h1-3,5-6,11H,4,7-10,14H2. The first kappa shape index (κ1) is 12.7. The van der Waals surface area contributed by atoms with Gasteiger partial charge in [0, 0.05) is 13.1 Å². The molecule has 2 N–H and O–H groups in total. The predicted molar refractivity (Wildman–Crippen MR) is 68.5 cm³/mol. The van der Waals surface area contributed by atoms with Gasteiger partial charge in [-0.1, -0.05) is 35.5 Å². The number of benzene rings is 1. The van der Waals surface area contributed by atoms with Crippen LogP contribution in [0, 0.1) is 0 Å². The molecule has 1 aromatic heterocycles. The van der Waals surface area contributed by atoms with Crippen molar-refractivity contribution in [3.63, 3.8) is 0 Å². The van der Waals surface area contributed by atoms with E-state index in [2.05, 4.69) is 27.2 Å². The number of nitrogens with zero attached hydrogens (tertiary/aromatic N) is 3. The molecule has 0 unspecified atom stereocenters. The summed E-state index contributed by atoms with van der Waals surface area (Å²) >= 11 is 0. The van der Waals surface area contributed by atoms with E-state index in [0.29, 0.717) is 19.0 Å². The Hall–Kier alpha value is -1.72. The highest BCUT2D eigenvalue weighted by Crippen LogP contribution is 2.08. The van der Waals surface area contributed by atoms with E-state index in [1.54, 1.807) is 0 Å². The zero-order chi connectivity index (χ0) is 12.6. The van der Waals surface area contributed by atoms with Crippen LogP contribution in [0.3, 0.4) is 0 Å². The van der Waals surface area contributed by atoms with Crippen LogP contribution in [0.4, 0.5) is 0 Å². The van der Waals surface area contributed by atoms with Gasteiger partial charge in [-0.15, -0.1) is 0 Å². The van der Waals surface area contributed by atoms with Gasteiger partial charge < -0.3 is 10.3 Å². The molecule has 0 atom stereocenters. The summed E-state index contributed by atoms with van der Waals surface area (Å²) in [4.78, 5) is 6.31. The van der Waals surface area contributed by atoms with Gasteiger partial charge in [-0.3, -0.25) is 4.90 Å². The first-order chi connectivity index (χ1) is 8.88. The molecule has 1 heterocycles. The zero-order valence-corrected chi connectivity index (χ0v) is 10.3. The van der Waals surface area contributed by atoms with E-state index in [4.69, 9.17) is 10.3 Å². The van der Waals surface area contributed by atoms with Crippen molar-refractivity contribution in [2.75, 3.05) is 13.1 Å². The maximum atomic E-state index is 5.57. The zero-order valence-electron chi connectivity index (χ0n) is 10.3. The number of nitrogens with two attached hydrogens (primary N) is 1. The van der Waals surface area contributed by atoms with Gasteiger partial charge in [-0.2, -0.15) is 4.98 Å². The second-order valence-corrected chi connectivity index (χ2v) is 4.17. The molecule has 5 heteroatoms. The van der Waals surface area contributed by atoms with Crippen LogP contribution in [0.1, 0.15) is 17.9 Å². The van der Waals surface area contributed by atoms with Gasteiger partial charge in [-0.25, -0.2) is 0 Å². The Kier molecular flexibility index (Phi) is 4.87. The molecule has 0 spiro atoms. The monoisotopic (exact) mass is 246 g/mol. The molecule has 0 fully saturated rings. The molecule has 0 bridgehead atoms. The summed E-state index contributed by atoms with van der Waals surface area (Å²) in [5.41, 5.74) is 6.84. The third-order valence-corrected chi connectivity index (χ3v) is 2.69. The molecular formula is C13H18N4O. The van der Waals surface area contributed by atoms with E-state index >= 15 is 0 Å². The normalized spacial score (nSPS) is 11.0. The first-order valence-corrected chi connectivity index (χ1v) is 6.10. The summed E-state index contributed by atoms with van der Waals surface area (Å²) in [6.07, 6.45) is 2.39. The van der Waals surface area contributed by atoms with Crippen molar-refractivity contribution in [3.05, 3.63) is 48.1 Å². The van der Waals surface area contributed by atoms with Crippen molar-refractivity contribution in [1.29, 1.82) is 0 Å². The fraction of sp³-hybridized carbons (Fsp3) is 0.385. The van der Waals surface area contributed by atoms with Crippen molar-refractivity contribution in [2.45, 2.75) is 19.5 Å². The predicted octanol–water partition coefficient (Wildman–Crippen LogP) is 1.42. The van der Waals surface area contributed by atoms with Gasteiger partial charge in [-0.05, 0) is 18.5 Å². The Morgan fingerprint density at radius 3 is 2.67 bits per heavy atom. The molecule has 0 aliphatic heterocycles. The Morgan fingerprint density at radius 2 is 2.00 bits per heavy atom. The molecule has 2 rings (SSSR count). The molecule has 1 aromatic carbocycles. The minimum Gasteiger partial charge on any atom is -0.338 e. The smallest absolute Gasteiger partial charge is 0.240 e. The summed E-state index contributed by atoms with van der Waals surface area (Å²) in [6.45, 7) is 3.14. The Bertz CT molecular complexity index is 430. The van der Waals surface area contributed by atoms with E-state index < -0.39 is 0 Å². The Morgan fingerprint density at radius 1 is 1.17 bits per heavy atom. The van der Waals surface area contributed by atoms with Crippen molar-refractivity contribution in [1.82, 2.24) is 15.0 Å². The second kappa shape index (κ2) is 6.88. The molecule has 0 aliphatic rings. The molecule has 0 saturated carbocycles. The highest BCUT2D eigenvalue weighted by molar-refractivity contribution is 5.14. The van der Waals surface area contributed by atoms with Gasteiger partial charge in [0.2, 0.25) is 5.89 Å². The molecule has 0 amide bonds.